The summed E-state index contributed by atoms with van der Waals surface area (Å²) in [6.45, 7) is 12.0. The maximum atomic E-state index is 8.47. The molecule has 1 fully saturated rings. The Morgan fingerprint density at radius 1 is 1.06 bits per heavy atom. The van der Waals surface area contributed by atoms with E-state index in [2.05, 4.69) is 11.8 Å². The zero-order chi connectivity index (χ0) is 12.9. The maximum Gasteiger partial charge on any atom is 0.0594 e. The van der Waals surface area contributed by atoms with Gasteiger partial charge in [-0.15, -0.1) is 0 Å². The molecule has 0 aromatic heterocycles. The third-order valence-corrected chi connectivity index (χ3v) is 2.83. The van der Waals surface area contributed by atoms with Crippen molar-refractivity contribution in [1.29, 1.82) is 0 Å². The van der Waals surface area contributed by atoms with Crippen molar-refractivity contribution in [2.45, 2.75) is 13.8 Å². The molecule has 0 aromatic rings. The molecule has 17 heavy (non-hydrogen) atoms. The molecule has 5 heteroatoms. The van der Waals surface area contributed by atoms with E-state index in [4.69, 9.17) is 14.9 Å². The summed E-state index contributed by atoms with van der Waals surface area (Å²) in [5.41, 5.74) is 0. The molecule has 2 N–H and O–H groups in total. The standard InChI is InChI=1S/C6H15NO2.C6H13NO/c1-2-7(3-5-8)4-6-9;1-2-7-3-5-8-6-4-7/h8-9H,2-6H2,1H3;2-6H2,1H3. The molecule has 0 aromatic carbocycles. The predicted octanol–water partition coefficient (Wildman–Crippen LogP) is -0.369. The van der Waals surface area contributed by atoms with Gasteiger partial charge in [-0.05, 0) is 13.1 Å². The lowest BCUT2D eigenvalue weighted by Crippen LogP contribution is -2.35. The predicted molar refractivity (Wildman–Crippen MR) is 69.2 cm³/mol. The Bertz CT molecular complexity index is 147. The van der Waals surface area contributed by atoms with Crippen LogP contribution >= 0.6 is 0 Å². The van der Waals surface area contributed by atoms with E-state index in [-0.39, 0.29) is 13.2 Å². The molecule has 1 rings (SSSR count). The van der Waals surface area contributed by atoms with Crippen molar-refractivity contribution in [3.8, 4) is 0 Å². The SMILES string of the molecule is CCN(CCO)CCO.CCN1CCOCC1. The molecule has 1 aliphatic heterocycles. The number of aliphatic hydroxyl groups excluding tert-OH is 2. The van der Waals surface area contributed by atoms with E-state index < -0.39 is 0 Å². The van der Waals surface area contributed by atoms with E-state index in [1.807, 2.05) is 11.8 Å². The molecule has 0 unspecified atom stereocenters. The van der Waals surface area contributed by atoms with Crippen LogP contribution in [-0.2, 0) is 4.74 Å². The van der Waals surface area contributed by atoms with Crippen LogP contribution in [0.15, 0.2) is 0 Å². The van der Waals surface area contributed by atoms with Crippen molar-refractivity contribution in [2.75, 3.05) is 65.7 Å². The summed E-state index contributed by atoms with van der Waals surface area (Å²) in [5.74, 6) is 0. The molecule has 0 radical (unpaired) electrons. The van der Waals surface area contributed by atoms with E-state index in [1.54, 1.807) is 0 Å². The third-order valence-electron chi connectivity index (χ3n) is 2.83. The fourth-order valence-electron chi connectivity index (χ4n) is 1.63. The Morgan fingerprint density at radius 2 is 1.59 bits per heavy atom. The first-order valence-corrected chi connectivity index (χ1v) is 6.52. The second kappa shape index (κ2) is 12.3. The fourth-order valence-corrected chi connectivity index (χ4v) is 1.63. The lowest BCUT2D eigenvalue weighted by molar-refractivity contribution is 0.0405. The summed E-state index contributed by atoms with van der Waals surface area (Å²) in [7, 11) is 0. The molecule has 0 saturated carbocycles. The highest BCUT2D eigenvalue weighted by atomic mass is 16.5. The van der Waals surface area contributed by atoms with Crippen LogP contribution in [0, 0.1) is 0 Å². The molecule has 5 nitrogen and oxygen atoms in total. The van der Waals surface area contributed by atoms with Crippen LogP contribution in [0.4, 0.5) is 0 Å². The molecular weight excluding hydrogens is 220 g/mol. The minimum absolute atomic E-state index is 0.174. The van der Waals surface area contributed by atoms with Gasteiger partial charge >= 0.3 is 0 Å². The largest absolute Gasteiger partial charge is 0.395 e. The number of ether oxygens (including phenoxy) is 1. The summed E-state index contributed by atoms with van der Waals surface area (Å²) in [5, 5.41) is 16.9. The molecule has 0 spiro atoms. The van der Waals surface area contributed by atoms with E-state index in [1.165, 1.54) is 6.54 Å². The smallest absolute Gasteiger partial charge is 0.0594 e. The Kier molecular flexibility index (Phi) is 12.1. The fraction of sp³-hybridized carbons (Fsp3) is 1.00. The quantitative estimate of drug-likeness (QED) is 0.672. The van der Waals surface area contributed by atoms with Gasteiger partial charge in [0.25, 0.3) is 0 Å². The van der Waals surface area contributed by atoms with Crippen LogP contribution in [0.5, 0.6) is 0 Å². The molecule has 1 heterocycles. The molecular formula is C12H28N2O3. The van der Waals surface area contributed by atoms with Gasteiger partial charge in [0.2, 0.25) is 0 Å². The second-order valence-corrected chi connectivity index (χ2v) is 3.93. The Morgan fingerprint density at radius 3 is 1.88 bits per heavy atom. The van der Waals surface area contributed by atoms with E-state index in [9.17, 15) is 0 Å². The number of morpholine rings is 1. The third kappa shape index (κ3) is 9.50. The van der Waals surface area contributed by atoms with Gasteiger partial charge in [-0.3, -0.25) is 9.80 Å². The first kappa shape index (κ1) is 16.8. The first-order valence-electron chi connectivity index (χ1n) is 6.52. The summed E-state index contributed by atoms with van der Waals surface area (Å²) in [6.07, 6.45) is 0. The molecule has 104 valence electrons. The van der Waals surface area contributed by atoms with Gasteiger partial charge in [-0.1, -0.05) is 13.8 Å². The van der Waals surface area contributed by atoms with Crippen molar-refractivity contribution in [3.63, 3.8) is 0 Å². The number of hydrogen-bond donors (Lipinski definition) is 2. The second-order valence-electron chi connectivity index (χ2n) is 3.93. The highest BCUT2D eigenvalue weighted by molar-refractivity contribution is 4.57. The topological polar surface area (TPSA) is 56.2 Å². The zero-order valence-electron chi connectivity index (χ0n) is 11.3. The maximum absolute atomic E-state index is 8.47. The zero-order valence-corrected chi connectivity index (χ0v) is 11.3. The van der Waals surface area contributed by atoms with Crippen molar-refractivity contribution >= 4 is 0 Å². The summed E-state index contributed by atoms with van der Waals surface area (Å²) >= 11 is 0. The van der Waals surface area contributed by atoms with Crippen LogP contribution in [0.25, 0.3) is 0 Å². The summed E-state index contributed by atoms with van der Waals surface area (Å²) in [4.78, 5) is 4.38. The normalized spacial score (nSPS) is 16.8. The van der Waals surface area contributed by atoms with Crippen LogP contribution in [0.3, 0.4) is 0 Å². The number of rotatable bonds is 6. The number of likely N-dealkylation sites (N-methyl/N-ethyl adjacent to an activating group) is 2. The molecule has 1 aliphatic rings. The molecule has 0 atom stereocenters. The molecule has 0 aliphatic carbocycles. The monoisotopic (exact) mass is 248 g/mol. The first-order chi connectivity index (χ1) is 8.28. The van der Waals surface area contributed by atoms with Crippen molar-refractivity contribution in [1.82, 2.24) is 9.80 Å². The van der Waals surface area contributed by atoms with Gasteiger partial charge in [0.1, 0.15) is 0 Å². The summed E-state index contributed by atoms with van der Waals surface area (Å²) in [6, 6.07) is 0. The minimum Gasteiger partial charge on any atom is -0.395 e. The van der Waals surface area contributed by atoms with E-state index in [0.29, 0.717) is 13.1 Å². The van der Waals surface area contributed by atoms with Crippen LogP contribution in [0.1, 0.15) is 13.8 Å². The van der Waals surface area contributed by atoms with Crippen LogP contribution < -0.4 is 0 Å². The molecule has 0 amide bonds. The van der Waals surface area contributed by atoms with Gasteiger partial charge < -0.3 is 14.9 Å². The van der Waals surface area contributed by atoms with Gasteiger partial charge in [-0.2, -0.15) is 0 Å². The lowest BCUT2D eigenvalue weighted by atomic mass is 10.4. The van der Waals surface area contributed by atoms with Crippen LogP contribution in [-0.4, -0.2) is 85.7 Å². The highest BCUT2D eigenvalue weighted by Crippen LogP contribution is 1.93. The van der Waals surface area contributed by atoms with Crippen molar-refractivity contribution in [2.24, 2.45) is 0 Å². The summed E-state index contributed by atoms with van der Waals surface area (Å²) < 4.78 is 5.16. The Labute approximate surface area is 105 Å². The number of hydrogen-bond acceptors (Lipinski definition) is 5. The van der Waals surface area contributed by atoms with E-state index in [0.717, 1.165) is 32.8 Å². The average Bonchev–Trinajstić information content (AvgIpc) is 2.40. The van der Waals surface area contributed by atoms with Crippen molar-refractivity contribution < 1.29 is 14.9 Å². The average molecular weight is 248 g/mol. The lowest BCUT2D eigenvalue weighted by Gasteiger charge is -2.24. The van der Waals surface area contributed by atoms with E-state index >= 15 is 0 Å². The van der Waals surface area contributed by atoms with Gasteiger partial charge in [0, 0.05) is 26.2 Å². The van der Waals surface area contributed by atoms with Gasteiger partial charge in [-0.25, -0.2) is 0 Å². The Hall–Kier alpha value is -0.200. The van der Waals surface area contributed by atoms with Crippen LogP contribution in [0.2, 0.25) is 0 Å². The number of nitrogens with zero attached hydrogens (tertiary/aromatic N) is 2. The minimum atomic E-state index is 0.174. The van der Waals surface area contributed by atoms with Gasteiger partial charge in [0.15, 0.2) is 0 Å². The van der Waals surface area contributed by atoms with Crippen molar-refractivity contribution in [3.05, 3.63) is 0 Å². The Balaban J connectivity index is 0.000000302. The number of aliphatic hydroxyl groups is 2. The molecule has 1 saturated heterocycles. The molecule has 0 bridgehead atoms. The highest BCUT2D eigenvalue weighted by Gasteiger charge is 2.05. The van der Waals surface area contributed by atoms with Gasteiger partial charge in [0.05, 0.1) is 26.4 Å².